The molecule has 0 fully saturated rings. The van der Waals surface area contributed by atoms with Gasteiger partial charge in [0.2, 0.25) is 0 Å². The quantitative estimate of drug-likeness (QED) is 0.699. The van der Waals surface area contributed by atoms with E-state index in [4.69, 9.17) is 9.84 Å². The fourth-order valence-corrected chi connectivity index (χ4v) is 1.42. The Labute approximate surface area is 88.6 Å². The van der Waals surface area contributed by atoms with Crippen molar-refractivity contribution in [1.29, 1.82) is 0 Å². The molecule has 1 aliphatic heterocycles. The predicted octanol–water partition coefficient (Wildman–Crippen LogP) is -0.720. The molecule has 0 aromatic carbocycles. The maximum Gasteiger partial charge on any atom is 0.330 e. The molecule has 7 heteroatoms. The molecule has 16 heavy (non-hydrogen) atoms. The van der Waals surface area contributed by atoms with Gasteiger partial charge in [0.05, 0.1) is 6.61 Å². The summed E-state index contributed by atoms with van der Waals surface area (Å²) >= 11 is 0. The summed E-state index contributed by atoms with van der Waals surface area (Å²) in [4.78, 5) is 24.2. The van der Waals surface area contributed by atoms with Crippen molar-refractivity contribution in [2.24, 2.45) is 0 Å². The van der Waals surface area contributed by atoms with Crippen LogP contribution in [0, 0.1) is 0 Å². The van der Waals surface area contributed by atoms with Gasteiger partial charge in [0.1, 0.15) is 11.9 Å². The summed E-state index contributed by atoms with van der Waals surface area (Å²) in [5, 5.41) is 8.76. The molecule has 0 unspecified atom stereocenters. The topological polar surface area (TPSA) is 84.3 Å². The zero-order valence-electron chi connectivity index (χ0n) is 8.09. The first-order chi connectivity index (χ1) is 7.61. The Morgan fingerprint density at radius 1 is 1.56 bits per heavy atom. The van der Waals surface area contributed by atoms with Gasteiger partial charge in [0.25, 0.3) is 5.56 Å². The van der Waals surface area contributed by atoms with Gasteiger partial charge in [-0.25, -0.2) is 9.18 Å². The lowest BCUT2D eigenvalue weighted by atomic mass is 10.3. The number of aliphatic hydroxyl groups is 1. The van der Waals surface area contributed by atoms with E-state index in [1.165, 1.54) is 6.20 Å². The van der Waals surface area contributed by atoms with Crippen LogP contribution in [0.2, 0.25) is 0 Å². The Morgan fingerprint density at radius 2 is 2.31 bits per heavy atom. The normalized spacial score (nSPS) is 24.5. The highest BCUT2D eigenvalue weighted by molar-refractivity contribution is 5.08. The van der Waals surface area contributed by atoms with Crippen molar-refractivity contribution in [2.45, 2.75) is 12.3 Å². The van der Waals surface area contributed by atoms with Gasteiger partial charge in [-0.1, -0.05) is 0 Å². The highest BCUT2D eigenvalue weighted by Gasteiger charge is 2.28. The fraction of sp³-hybridized carbons (Fsp3) is 0.333. The highest BCUT2D eigenvalue weighted by atomic mass is 19.1. The molecule has 2 atom stereocenters. The van der Waals surface area contributed by atoms with Crippen molar-refractivity contribution in [1.82, 2.24) is 9.55 Å². The van der Waals surface area contributed by atoms with Gasteiger partial charge in [0, 0.05) is 12.3 Å². The largest absolute Gasteiger partial charge is 0.393 e. The molecule has 1 aliphatic rings. The molecule has 86 valence electrons. The molecule has 2 rings (SSSR count). The summed E-state index contributed by atoms with van der Waals surface area (Å²) in [6, 6.07) is 1.13. The summed E-state index contributed by atoms with van der Waals surface area (Å²) in [6.07, 6.45) is 0.279. The Bertz CT molecular complexity index is 533. The van der Waals surface area contributed by atoms with E-state index in [2.05, 4.69) is 0 Å². The molecule has 0 amide bonds. The van der Waals surface area contributed by atoms with Crippen LogP contribution in [0.4, 0.5) is 4.39 Å². The minimum Gasteiger partial charge on any atom is -0.393 e. The second kappa shape index (κ2) is 4.03. The molecular weight excluding hydrogens is 219 g/mol. The number of halogens is 1. The summed E-state index contributed by atoms with van der Waals surface area (Å²) < 4.78 is 19.2. The SMILES string of the molecule is O=c1ccn([C@H]2C=C(F)[C@@H](CO)O2)c(=O)[nH]1. The molecule has 2 heterocycles. The van der Waals surface area contributed by atoms with E-state index in [0.29, 0.717) is 0 Å². The minimum absolute atomic E-state index is 0.503. The third-order valence-electron chi connectivity index (χ3n) is 2.20. The van der Waals surface area contributed by atoms with Crippen molar-refractivity contribution in [3.63, 3.8) is 0 Å². The minimum atomic E-state index is -1.05. The van der Waals surface area contributed by atoms with Crippen LogP contribution in [0.5, 0.6) is 0 Å². The third-order valence-corrected chi connectivity index (χ3v) is 2.20. The number of hydrogen-bond donors (Lipinski definition) is 2. The molecule has 0 aliphatic carbocycles. The number of rotatable bonds is 2. The first-order valence-electron chi connectivity index (χ1n) is 4.57. The predicted molar refractivity (Wildman–Crippen MR) is 51.5 cm³/mol. The smallest absolute Gasteiger partial charge is 0.330 e. The van der Waals surface area contributed by atoms with Crippen molar-refractivity contribution < 1.29 is 14.2 Å². The van der Waals surface area contributed by atoms with Gasteiger partial charge >= 0.3 is 5.69 Å². The van der Waals surface area contributed by atoms with Crippen molar-refractivity contribution in [2.75, 3.05) is 6.61 Å². The molecule has 2 N–H and O–H groups in total. The Kier molecular flexibility index (Phi) is 2.71. The maximum atomic E-state index is 13.1. The number of aliphatic hydroxyl groups excluding tert-OH is 1. The van der Waals surface area contributed by atoms with Gasteiger partial charge in [-0.3, -0.25) is 14.3 Å². The maximum absolute atomic E-state index is 13.1. The Balaban J connectivity index is 2.34. The van der Waals surface area contributed by atoms with Gasteiger partial charge in [0.15, 0.2) is 6.23 Å². The number of aromatic nitrogens is 2. The summed E-state index contributed by atoms with van der Waals surface area (Å²) in [7, 11) is 0. The van der Waals surface area contributed by atoms with Crippen molar-refractivity contribution >= 4 is 0 Å². The standard InChI is InChI=1S/C9H9FN2O4/c10-5-3-8(16-6(5)4-13)12-2-1-7(14)11-9(12)15/h1-3,6,8,13H,4H2,(H,11,14,15)/t6-,8-/m1/s1. The number of H-pyrrole nitrogens is 1. The van der Waals surface area contributed by atoms with E-state index in [1.807, 2.05) is 4.98 Å². The van der Waals surface area contributed by atoms with E-state index in [0.717, 1.165) is 16.7 Å². The van der Waals surface area contributed by atoms with E-state index >= 15 is 0 Å². The highest BCUT2D eigenvalue weighted by Crippen LogP contribution is 2.26. The zero-order valence-corrected chi connectivity index (χ0v) is 8.09. The molecule has 0 saturated carbocycles. The van der Waals surface area contributed by atoms with Crippen LogP contribution in [0.3, 0.4) is 0 Å². The first-order valence-corrected chi connectivity index (χ1v) is 4.57. The molecule has 0 spiro atoms. The van der Waals surface area contributed by atoms with Crippen LogP contribution in [0.25, 0.3) is 0 Å². The van der Waals surface area contributed by atoms with Crippen LogP contribution in [0.1, 0.15) is 6.23 Å². The van der Waals surface area contributed by atoms with Crippen LogP contribution in [0.15, 0.2) is 33.8 Å². The number of nitrogens with zero attached hydrogens (tertiary/aromatic N) is 1. The second-order valence-corrected chi connectivity index (χ2v) is 3.27. The Morgan fingerprint density at radius 3 is 2.88 bits per heavy atom. The van der Waals surface area contributed by atoms with Gasteiger partial charge in [-0.15, -0.1) is 0 Å². The summed E-state index contributed by atoms with van der Waals surface area (Å²) in [5.74, 6) is -0.634. The molecular formula is C9H9FN2O4. The monoisotopic (exact) mass is 228 g/mol. The van der Waals surface area contributed by atoms with Crippen LogP contribution >= 0.6 is 0 Å². The number of ether oxygens (including phenoxy) is 1. The van der Waals surface area contributed by atoms with Gasteiger partial charge in [-0.2, -0.15) is 0 Å². The summed E-state index contributed by atoms with van der Waals surface area (Å²) in [5.41, 5.74) is -1.23. The number of nitrogens with one attached hydrogen (secondary N) is 1. The van der Waals surface area contributed by atoms with Gasteiger partial charge in [-0.05, 0) is 6.08 Å². The molecule has 0 bridgehead atoms. The second-order valence-electron chi connectivity index (χ2n) is 3.27. The lowest BCUT2D eigenvalue weighted by molar-refractivity contribution is -0.0199. The first kappa shape index (κ1) is 10.8. The van der Waals surface area contributed by atoms with Crippen LogP contribution in [-0.2, 0) is 4.74 Å². The Hall–Kier alpha value is -1.73. The van der Waals surface area contributed by atoms with Crippen molar-refractivity contribution in [3.05, 3.63) is 45.0 Å². The van der Waals surface area contributed by atoms with E-state index < -0.39 is 36.0 Å². The van der Waals surface area contributed by atoms with Crippen molar-refractivity contribution in [3.8, 4) is 0 Å². The average Bonchev–Trinajstić information content (AvgIpc) is 2.59. The molecule has 1 aromatic rings. The number of hydrogen-bond acceptors (Lipinski definition) is 4. The molecule has 0 saturated heterocycles. The lowest BCUT2D eigenvalue weighted by Crippen LogP contribution is -2.31. The lowest BCUT2D eigenvalue weighted by Gasteiger charge is -2.13. The average molecular weight is 228 g/mol. The van der Waals surface area contributed by atoms with Crippen LogP contribution in [-0.4, -0.2) is 27.4 Å². The molecule has 1 aromatic heterocycles. The molecule has 0 radical (unpaired) electrons. The molecule has 6 nitrogen and oxygen atoms in total. The zero-order chi connectivity index (χ0) is 11.7. The summed E-state index contributed by atoms with van der Waals surface area (Å²) in [6.45, 7) is -0.503. The third kappa shape index (κ3) is 1.82. The van der Waals surface area contributed by atoms with Gasteiger partial charge < -0.3 is 9.84 Å². The van der Waals surface area contributed by atoms with E-state index in [1.54, 1.807) is 0 Å². The van der Waals surface area contributed by atoms with Crippen LogP contribution < -0.4 is 11.2 Å². The van der Waals surface area contributed by atoms with E-state index in [9.17, 15) is 14.0 Å². The fourth-order valence-electron chi connectivity index (χ4n) is 1.42. The van der Waals surface area contributed by atoms with E-state index in [-0.39, 0.29) is 0 Å². The number of aromatic amines is 1.